The molecule has 0 bridgehead atoms. The molecular weight excluding hydrogens is 367 g/mol. The summed E-state index contributed by atoms with van der Waals surface area (Å²) in [5, 5.41) is 5.88. The minimum Gasteiger partial charge on any atom is -0.426 e. The van der Waals surface area contributed by atoms with Crippen LogP contribution in [0.25, 0.3) is 0 Å². The maximum atomic E-state index is 12.9. The largest absolute Gasteiger partial charge is 0.499 e. The standard InChI is InChI=1S/C19H21F5N2O/c1-4-26(25-14(3)15-7-5-13(2)6-8-15)16-9-11-17(12-10-16)27-19(23,24)18(20,21)22/h4,7,9-13H,1,5-6,8H2,2-3H3/b25-14+. The fourth-order valence-corrected chi connectivity index (χ4v) is 2.60. The van der Waals surface area contributed by atoms with Gasteiger partial charge in [0.15, 0.2) is 0 Å². The molecule has 1 aliphatic carbocycles. The van der Waals surface area contributed by atoms with Crippen LogP contribution < -0.4 is 9.75 Å². The fourth-order valence-electron chi connectivity index (χ4n) is 2.60. The van der Waals surface area contributed by atoms with Gasteiger partial charge in [0.1, 0.15) is 5.75 Å². The SMILES string of the molecule is C=CN(/N=C(\C)C1=CCC(C)CC1)c1ccc(OC(F)(F)C(F)(F)F)cc1. The molecule has 1 atom stereocenters. The van der Waals surface area contributed by atoms with Gasteiger partial charge in [-0.05, 0) is 61.9 Å². The zero-order valence-electron chi connectivity index (χ0n) is 15.1. The van der Waals surface area contributed by atoms with E-state index in [4.69, 9.17) is 0 Å². The second kappa shape index (κ2) is 8.10. The molecule has 0 saturated carbocycles. The monoisotopic (exact) mass is 388 g/mol. The van der Waals surface area contributed by atoms with Crippen LogP contribution in [0, 0.1) is 5.92 Å². The predicted octanol–water partition coefficient (Wildman–Crippen LogP) is 6.29. The van der Waals surface area contributed by atoms with E-state index >= 15 is 0 Å². The Morgan fingerprint density at radius 3 is 2.33 bits per heavy atom. The molecule has 0 fully saturated rings. The molecule has 8 heteroatoms. The van der Waals surface area contributed by atoms with Crippen LogP contribution in [0.4, 0.5) is 27.6 Å². The van der Waals surface area contributed by atoms with Gasteiger partial charge in [-0.2, -0.15) is 27.1 Å². The van der Waals surface area contributed by atoms with Gasteiger partial charge in [0, 0.05) is 6.20 Å². The lowest BCUT2D eigenvalue weighted by atomic mass is 9.89. The van der Waals surface area contributed by atoms with Crippen molar-refractivity contribution in [1.82, 2.24) is 0 Å². The second-order valence-electron chi connectivity index (χ2n) is 6.43. The highest BCUT2D eigenvalue weighted by Crippen LogP contribution is 2.37. The average molecular weight is 388 g/mol. The summed E-state index contributed by atoms with van der Waals surface area (Å²) in [5.74, 6) is 0.0363. The molecule has 0 N–H and O–H groups in total. The van der Waals surface area contributed by atoms with E-state index in [1.165, 1.54) is 23.3 Å². The van der Waals surface area contributed by atoms with Gasteiger partial charge in [0.2, 0.25) is 0 Å². The molecule has 148 valence electrons. The summed E-state index contributed by atoms with van der Waals surface area (Å²) in [5.41, 5.74) is 2.38. The molecular formula is C19H21F5N2O. The van der Waals surface area contributed by atoms with E-state index in [-0.39, 0.29) is 0 Å². The van der Waals surface area contributed by atoms with Crippen LogP contribution in [0.5, 0.6) is 5.75 Å². The van der Waals surface area contributed by atoms with Crippen molar-refractivity contribution in [3.63, 3.8) is 0 Å². The topological polar surface area (TPSA) is 24.8 Å². The first-order valence-electron chi connectivity index (χ1n) is 8.43. The van der Waals surface area contributed by atoms with Crippen LogP contribution in [0.2, 0.25) is 0 Å². The fraction of sp³-hybridized carbons (Fsp3) is 0.421. The molecule has 3 nitrogen and oxygen atoms in total. The van der Waals surface area contributed by atoms with Crippen molar-refractivity contribution < 1.29 is 26.7 Å². The van der Waals surface area contributed by atoms with E-state index in [2.05, 4.69) is 29.4 Å². The molecule has 0 aromatic heterocycles. The van der Waals surface area contributed by atoms with Crippen LogP contribution in [0.15, 0.2) is 53.8 Å². The minimum absolute atomic E-state index is 0.455. The average Bonchev–Trinajstić information content (AvgIpc) is 2.59. The number of hydrogen-bond acceptors (Lipinski definition) is 3. The summed E-state index contributed by atoms with van der Waals surface area (Å²) >= 11 is 0. The van der Waals surface area contributed by atoms with Crippen molar-refractivity contribution >= 4 is 11.4 Å². The molecule has 0 aliphatic heterocycles. The Labute approximate surface area is 154 Å². The number of rotatable bonds is 6. The molecule has 1 aromatic carbocycles. The van der Waals surface area contributed by atoms with Crippen LogP contribution in [0.3, 0.4) is 0 Å². The lowest BCUT2D eigenvalue weighted by Gasteiger charge is -2.22. The summed E-state index contributed by atoms with van der Waals surface area (Å²) in [6, 6.07) is 4.71. The first-order valence-corrected chi connectivity index (χ1v) is 8.43. The van der Waals surface area contributed by atoms with Crippen LogP contribution >= 0.6 is 0 Å². The van der Waals surface area contributed by atoms with Crippen molar-refractivity contribution in [3.8, 4) is 5.75 Å². The number of nitrogens with zero attached hydrogens (tertiary/aromatic N) is 2. The Morgan fingerprint density at radius 2 is 1.85 bits per heavy atom. The third-order valence-corrected chi connectivity index (χ3v) is 4.25. The Kier molecular flexibility index (Phi) is 6.28. The lowest BCUT2D eigenvalue weighted by molar-refractivity contribution is -0.360. The van der Waals surface area contributed by atoms with E-state index in [9.17, 15) is 22.0 Å². The number of allylic oxidation sites excluding steroid dienone is 2. The maximum Gasteiger partial charge on any atom is 0.499 e. The normalized spacial score (nSPS) is 18.7. The van der Waals surface area contributed by atoms with Gasteiger partial charge < -0.3 is 4.74 Å². The zero-order chi connectivity index (χ0) is 20.2. The first kappa shape index (κ1) is 20.9. The van der Waals surface area contributed by atoms with Crippen molar-refractivity contribution in [2.45, 2.75) is 45.4 Å². The van der Waals surface area contributed by atoms with E-state index in [0.717, 1.165) is 42.7 Å². The highest BCUT2D eigenvalue weighted by molar-refractivity contribution is 5.98. The summed E-state index contributed by atoms with van der Waals surface area (Å²) < 4.78 is 66.3. The maximum absolute atomic E-state index is 12.9. The Hall–Kier alpha value is -2.38. The van der Waals surface area contributed by atoms with E-state index < -0.39 is 18.0 Å². The number of benzene rings is 1. The third kappa shape index (κ3) is 5.30. The molecule has 0 heterocycles. The van der Waals surface area contributed by atoms with Crippen LogP contribution in [0.1, 0.15) is 33.1 Å². The highest BCUT2D eigenvalue weighted by atomic mass is 19.4. The summed E-state index contributed by atoms with van der Waals surface area (Å²) in [7, 11) is 0. The van der Waals surface area contributed by atoms with Gasteiger partial charge in [0.25, 0.3) is 0 Å². The molecule has 1 unspecified atom stereocenters. The Morgan fingerprint density at radius 1 is 1.22 bits per heavy atom. The van der Waals surface area contributed by atoms with Crippen LogP contribution in [-0.2, 0) is 0 Å². The molecule has 0 spiro atoms. The minimum atomic E-state index is -5.79. The van der Waals surface area contributed by atoms with E-state index in [1.54, 1.807) is 0 Å². The molecule has 0 radical (unpaired) electrons. The van der Waals surface area contributed by atoms with Gasteiger partial charge in [-0.3, -0.25) is 0 Å². The number of halogens is 5. The number of anilines is 1. The molecule has 1 aliphatic rings. The molecule has 1 aromatic rings. The summed E-state index contributed by atoms with van der Waals surface area (Å²) in [4.78, 5) is 0. The predicted molar refractivity (Wildman–Crippen MR) is 95.0 cm³/mol. The van der Waals surface area contributed by atoms with E-state index in [1.807, 2.05) is 6.92 Å². The molecule has 0 amide bonds. The molecule has 27 heavy (non-hydrogen) atoms. The molecule has 2 rings (SSSR count). The second-order valence-corrected chi connectivity index (χ2v) is 6.43. The van der Waals surface area contributed by atoms with Gasteiger partial charge in [-0.1, -0.05) is 19.6 Å². The smallest absolute Gasteiger partial charge is 0.426 e. The highest BCUT2D eigenvalue weighted by Gasteiger charge is 2.61. The molecule has 0 saturated heterocycles. The summed E-state index contributed by atoms with van der Waals surface area (Å²) in [6.07, 6.45) is -4.50. The number of hydrogen-bond donors (Lipinski definition) is 0. The van der Waals surface area contributed by atoms with Crippen molar-refractivity contribution in [2.75, 3.05) is 5.01 Å². The number of ether oxygens (including phenoxy) is 1. The van der Waals surface area contributed by atoms with Crippen molar-refractivity contribution in [2.24, 2.45) is 11.0 Å². The zero-order valence-corrected chi connectivity index (χ0v) is 15.1. The van der Waals surface area contributed by atoms with Gasteiger partial charge >= 0.3 is 12.3 Å². The first-order chi connectivity index (χ1) is 12.5. The van der Waals surface area contributed by atoms with Crippen LogP contribution in [-0.4, -0.2) is 18.0 Å². The Balaban J connectivity index is 2.14. The number of alkyl halides is 5. The van der Waals surface area contributed by atoms with Crippen molar-refractivity contribution in [3.05, 3.63) is 48.7 Å². The Bertz CT molecular complexity index is 723. The van der Waals surface area contributed by atoms with E-state index in [0.29, 0.717) is 11.6 Å². The lowest BCUT2D eigenvalue weighted by Crippen LogP contribution is -2.41. The summed E-state index contributed by atoms with van der Waals surface area (Å²) in [6.45, 7) is 7.70. The van der Waals surface area contributed by atoms with Gasteiger partial charge in [0.05, 0.1) is 11.4 Å². The number of hydrazone groups is 1. The quantitative estimate of drug-likeness (QED) is 0.325. The van der Waals surface area contributed by atoms with Gasteiger partial charge in [-0.15, -0.1) is 0 Å². The van der Waals surface area contributed by atoms with Gasteiger partial charge in [-0.25, -0.2) is 5.01 Å². The third-order valence-electron chi connectivity index (χ3n) is 4.25. The van der Waals surface area contributed by atoms with Crippen molar-refractivity contribution in [1.29, 1.82) is 0 Å².